The molecule has 2 aromatic rings. The molecule has 0 radical (unpaired) electrons. The quantitative estimate of drug-likeness (QED) is 0.655. The van der Waals surface area contributed by atoms with Crippen LogP contribution in [0.25, 0.3) is 0 Å². The van der Waals surface area contributed by atoms with Gasteiger partial charge in [0.2, 0.25) is 0 Å². The summed E-state index contributed by atoms with van der Waals surface area (Å²) in [5, 5.41) is 3.79. The van der Waals surface area contributed by atoms with Gasteiger partial charge in [-0.3, -0.25) is 0 Å². The van der Waals surface area contributed by atoms with Crippen LogP contribution in [0.1, 0.15) is 18.1 Å². The molecule has 0 aliphatic heterocycles. The van der Waals surface area contributed by atoms with Gasteiger partial charge in [0.15, 0.2) is 0 Å². The number of carbonyl (C=O) groups excluding carboxylic acids is 1. The van der Waals surface area contributed by atoms with Crippen LogP contribution in [0.4, 0.5) is 9.18 Å². The molecule has 0 aliphatic carbocycles. The Balaban J connectivity index is 2.01. The molecule has 0 unspecified atom stereocenters. The smallest absolute Gasteiger partial charge is 0.427 e. The van der Waals surface area contributed by atoms with E-state index in [9.17, 15) is 9.18 Å². The summed E-state index contributed by atoms with van der Waals surface area (Å²) in [5.74, 6) is 0.216. The van der Waals surface area contributed by atoms with Crippen LogP contribution < -0.4 is 10.2 Å². The summed E-state index contributed by atoms with van der Waals surface area (Å²) in [6.45, 7) is 2.07. The monoisotopic (exact) mass is 316 g/mol. The van der Waals surface area contributed by atoms with Gasteiger partial charge in [-0.15, -0.1) is 0 Å². The maximum absolute atomic E-state index is 13.6. The van der Waals surface area contributed by atoms with Gasteiger partial charge in [-0.1, -0.05) is 30.3 Å². The third-order valence-electron chi connectivity index (χ3n) is 2.89. The third-order valence-corrected chi connectivity index (χ3v) is 2.89. The molecule has 1 amide bonds. The fraction of sp³-hybridized carbons (Fsp3) is 0.176. The summed E-state index contributed by atoms with van der Waals surface area (Å²) in [4.78, 5) is 11.1. The average molecular weight is 316 g/mol. The first kappa shape index (κ1) is 16.5. The van der Waals surface area contributed by atoms with E-state index in [-0.39, 0.29) is 19.0 Å². The number of halogens is 1. The lowest BCUT2D eigenvalue weighted by atomic mass is 10.2. The minimum atomic E-state index is -0.631. The van der Waals surface area contributed by atoms with Crippen molar-refractivity contribution >= 4 is 12.3 Å². The van der Waals surface area contributed by atoms with Crippen LogP contribution in [0, 0.1) is 5.82 Å². The molecule has 0 saturated heterocycles. The highest BCUT2D eigenvalue weighted by Crippen LogP contribution is 2.18. The molecule has 0 saturated carbocycles. The highest BCUT2D eigenvalue weighted by atomic mass is 19.1. The maximum atomic E-state index is 13.6. The van der Waals surface area contributed by atoms with E-state index in [2.05, 4.69) is 10.5 Å². The van der Waals surface area contributed by atoms with E-state index >= 15 is 0 Å². The summed E-state index contributed by atoms with van der Waals surface area (Å²) >= 11 is 0. The van der Waals surface area contributed by atoms with Crippen LogP contribution >= 0.6 is 0 Å². The van der Waals surface area contributed by atoms with Crippen molar-refractivity contribution in [1.82, 2.24) is 5.43 Å². The maximum Gasteiger partial charge on any atom is 0.427 e. The Bertz CT molecular complexity index is 689. The number of amides is 1. The lowest BCUT2D eigenvalue weighted by Crippen LogP contribution is -2.18. The molecule has 23 heavy (non-hydrogen) atoms. The van der Waals surface area contributed by atoms with Crippen molar-refractivity contribution in [3.63, 3.8) is 0 Å². The first-order valence-corrected chi connectivity index (χ1v) is 7.11. The molecule has 6 heteroatoms. The molecule has 0 spiro atoms. The number of rotatable bonds is 6. The number of nitrogens with zero attached hydrogens (tertiary/aromatic N) is 1. The van der Waals surface area contributed by atoms with Gasteiger partial charge in [-0.05, 0) is 25.1 Å². The van der Waals surface area contributed by atoms with Crippen molar-refractivity contribution in [2.45, 2.75) is 13.5 Å². The summed E-state index contributed by atoms with van der Waals surface area (Å²) in [5.41, 5.74) is 3.35. The average Bonchev–Trinajstić information content (AvgIpc) is 2.55. The Kier molecular flexibility index (Phi) is 6.11. The molecule has 2 rings (SSSR count). The molecule has 1 N–H and O–H groups in total. The Hall–Kier alpha value is -2.89. The molecule has 0 fully saturated rings. The zero-order valence-electron chi connectivity index (χ0n) is 12.7. The fourth-order valence-electron chi connectivity index (χ4n) is 1.81. The van der Waals surface area contributed by atoms with E-state index in [4.69, 9.17) is 9.47 Å². The Morgan fingerprint density at radius 2 is 1.96 bits per heavy atom. The topological polar surface area (TPSA) is 59.9 Å². The molecule has 0 bridgehead atoms. The predicted molar refractivity (Wildman–Crippen MR) is 84.9 cm³/mol. The van der Waals surface area contributed by atoms with Gasteiger partial charge in [-0.25, -0.2) is 14.6 Å². The van der Waals surface area contributed by atoms with Crippen LogP contribution in [0.2, 0.25) is 0 Å². The number of benzene rings is 2. The van der Waals surface area contributed by atoms with E-state index in [1.165, 1.54) is 12.3 Å². The second kappa shape index (κ2) is 8.53. The van der Waals surface area contributed by atoms with E-state index < -0.39 is 6.09 Å². The zero-order valence-corrected chi connectivity index (χ0v) is 12.7. The summed E-state index contributed by atoms with van der Waals surface area (Å²) in [6, 6.07) is 13.5. The van der Waals surface area contributed by atoms with Gasteiger partial charge in [0, 0.05) is 11.1 Å². The van der Waals surface area contributed by atoms with Crippen molar-refractivity contribution in [2.75, 3.05) is 6.61 Å². The molecule has 0 heterocycles. The SMILES string of the molecule is CCOC(=O)N/N=C/c1ccccc1OCc1ccccc1F. The number of hydrogen-bond acceptors (Lipinski definition) is 4. The molecule has 5 nitrogen and oxygen atoms in total. The Labute approximate surface area is 133 Å². The van der Waals surface area contributed by atoms with Crippen molar-refractivity contribution in [2.24, 2.45) is 5.10 Å². The summed E-state index contributed by atoms with van der Waals surface area (Å²) < 4.78 is 23.9. The van der Waals surface area contributed by atoms with Crippen LogP contribution in [0.3, 0.4) is 0 Å². The fourth-order valence-corrected chi connectivity index (χ4v) is 1.81. The number of hydrogen-bond donors (Lipinski definition) is 1. The number of carbonyl (C=O) groups is 1. The number of hydrazone groups is 1. The van der Waals surface area contributed by atoms with Gasteiger partial charge in [0.05, 0.1) is 12.8 Å². The van der Waals surface area contributed by atoms with Gasteiger partial charge in [0.1, 0.15) is 18.2 Å². The van der Waals surface area contributed by atoms with Gasteiger partial charge in [-0.2, -0.15) is 5.10 Å². The second-order valence-corrected chi connectivity index (χ2v) is 4.51. The van der Waals surface area contributed by atoms with Crippen molar-refractivity contribution in [3.05, 3.63) is 65.5 Å². The standard InChI is InChI=1S/C17H17FN2O3/c1-2-22-17(21)20-19-11-13-7-4-6-10-16(13)23-12-14-8-3-5-9-15(14)18/h3-11H,2,12H2,1H3,(H,20,21)/b19-11+. The molecule has 0 aliphatic rings. The van der Waals surface area contributed by atoms with E-state index in [0.29, 0.717) is 16.9 Å². The number of nitrogens with one attached hydrogen (secondary N) is 1. The highest BCUT2D eigenvalue weighted by Gasteiger charge is 2.05. The van der Waals surface area contributed by atoms with Crippen molar-refractivity contribution in [3.8, 4) is 5.75 Å². The van der Waals surface area contributed by atoms with Crippen LogP contribution in [0.5, 0.6) is 5.75 Å². The van der Waals surface area contributed by atoms with Crippen LogP contribution in [-0.2, 0) is 11.3 Å². The number of ether oxygens (including phenoxy) is 2. The van der Waals surface area contributed by atoms with E-state index in [1.807, 2.05) is 6.07 Å². The van der Waals surface area contributed by atoms with Crippen molar-refractivity contribution < 1.29 is 18.7 Å². The van der Waals surface area contributed by atoms with Gasteiger partial charge >= 0.3 is 6.09 Å². The lowest BCUT2D eigenvalue weighted by Gasteiger charge is -2.09. The molecular formula is C17H17FN2O3. The Morgan fingerprint density at radius 3 is 2.74 bits per heavy atom. The van der Waals surface area contributed by atoms with E-state index in [1.54, 1.807) is 43.3 Å². The molecule has 0 atom stereocenters. The zero-order chi connectivity index (χ0) is 16.5. The second-order valence-electron chi connectivity index (χ2n) is 4.51. The first-order valence-electron chi connectivity index (χ1n) is 7.11. The predicted octanol–water partition coefficient (Wildman–Crippen LogP) is 3.48. The highest BCUT2D eigenvalue weighted by molar-refractivity contribution is 5.84. The summed E-state index contributed by atoms with van der Waals surface area (Å²) in [7, 11) is 0. The van der Waals surface area contributed by atoms with E-state index in [0.717, 1.165) is 0 Å². The van der Waals surface area contributed by atoms with Crippen molar-refractivity contribution in [1.29, 1.82) is 0 Å². The molecular weight excluding hydrogens is 299 g/mol. The van der Waals surface area contributed by atoms with Gasteiger partial charge in [0.25, 0.3) is 0 Å². The minimum absolute atomic E-state index is 0.100. The molecule has 2 aromatic carbocycles. The minimum Gasteiger partial charge on any atom is -0.488 e. The third kappa shape index (κ3) is 5.10. The normalized spacial score (nSPS) is 10.5. The summed E-state index contributed by atoms with van der Waals surface area (Å²) in [6.07, 6.45) is 0.807. The number of para-hydroxylation sites is 1. The lowest BCUT2D eigenvalue weighted by molar-refractivity contribution is 0.152. The Morgan fingerprint density at radius 1 is 1.22 bits per heavy atom. The largest absolute Gasteiger partial charge is 0.488 e. The molecule has 120 valence electrons. The first-order chi connectivity index (χ1) is 11.2. The van der Waals surface area contributed by atoms with Crippen LogP contribution in [-0.4, -0.2) is 18.9 Å². The van der Waals surface area contributed by atoms with Gasteiger partial charge < -0.3 is 9.47 Å². The molecule has 0 aromatic heterocycles. The van der Waals surface area contributed by atoms with Crippen LogP contribution in [0.15, 0.2) is 53.6 Å².